The van der Waals surface area contributed by atoms with Crippen LogP contribution in [0.3, 0.4) is 0 Å². The zero-order chi connectivity index (χ0) is 19.2. The minimum atomic E-state index is 0.302. The Bertz CT molecular complexity index is 936. The average Bonchev–Trinajstić information content (AvgIpc) is 3.42. The first kappa shape index (κ1) is 17.9. The van der Waals surface area contributed by atoms with Gasteiger partial charge in [0.05, 0.1) is 5.69 Å². The molecule has 4 rings (SSSR count). The molecule has 0 aliphatic carbocycles. The van der Waals surface area contributed by atoms with Gasteiger partial charge < -0.3 is 20.1 Å². The molecule has 2 N–H and O–H groups in total. The Balaban J connectivity index is 1.24. The SMILES string of the molecule is CN=C(NCCc1ccc2c(c1)OCO2)NCc1ccc(-n2cccn2)cc1. The number of ether oxygens (including phenoxy) is 2. The van der Waals surface area contributed by atoms with Crippen LogP contribution in [0.4, 0.5) is 0 Å². The van der Waals surface area contributed by atoms with E-state index < -0.39 is 0 Å². The van der Waals surface area contributed by atoms with Crippen molar-refractivity contribution in [3.63, 3.8) is 0 Å². The molecule has 7 heteroatoms. The van der Waals surface area contributed by atoms with Crippen LogP contribution in [0.25, 0.3) is 5.69 Å². The predicted molar refractivity (Wildman–Crippen MR) is 108 cm³/mol. The standard InChI is InChI=1S/C21H23N5O2/c1-22-21(23-11-9-16-5-8-19-20(13-16)28-15-27-19)24-14-17-3-6-18(7-4-17)26-12-2-10-25-26/h2-8,10,12-13H,9,11,14-15H2,1H3,(H2,22,23,24). The fraction of sp³-hybridized carbons (Fsp3) is 0.238. The van der Waals surface area contributed by atoms with E-state index in [2.05, 4.69) is 51.1 Å². The van der Waals surface area contributed by atoms with Gasteiger partial charge in [-0.2, -0.15) is 5.10 Å². The summed E-state index contributed by atoms with van der Waals surface area (Å²) in [5.41, 5.74) is 3.41. The van der Waals surface area contributed by atoms with Crippen molar-refractivity contribution in [2.24, 2.45) is 4.99 Å². The number of hydrogen-bond donors (Lipinski definition) is 2. The summed E-state index contributed by atoms with van der Waals surface area (Å²) in [5.74, 6) is 2.41. The molecular weight excluding hydrogens is 354 g/mol. The van der Waals surface area contributed by atoms with Gasteiger partial charge in [-0.3, -0.25) is 4.99 Å². The summed E-state index contributed by atoms with van der Waals surface area (Å²) >= 11 is 0. The summed E-state index contributed by atoms with van der Waals surface area (Å²) in [6, 6.07) is 16.2. The number of benzene rings is 2. The molecule has 0 amide bonds. The molecular formula is C21H23N5O2. The van der Waals surface area contributed by atoms with Crippen molar-refractivity contribution in [3.8, 4) is 17.2 Å². The molecule has 2 aromatic carbocycles. The maximum absolute atomic E-state index is 5.42. The van der Waals surface area contributed by atoms with E-state index in [-0.39, 0.29) is 0 Å². The number of fused-ring (bicyclic) bond motifs is 1. The lowest BCUT2D eigenvalue weighted by Gasteiger charge is -2.12. The molecule has 0 bridgehead atoms. The van der Waals surface area contributed by atoms with Gasteiger partial charge in [-0.25, -0.2) is 4.68 Å². The third kappa shape index (κ3) is 4.25. The van der Waals surface area contributed by atoms with Gasteiger partial charge in [0.2, 0.25) is 6.79 Å². The number of aliphatic imine (C=N–C) groups is 1. The van der Waals surface area contributed by atoms with Gasteiger partial charge in [0, 0.05) is 32.5 Å². The quantitative estimate of drug-likeness (QED) is 0.510. The van der Waals surface area contributed by atoms with E-state index in [1.54, 1.807) is 13.2 Å². The van der Waals surface area contributed by atoms with E-state index in [9.17, 15) is 0 Å². The highest BCUT2D eigenvalue weighted by molar-refractivity contribution is 5.79. The van der Waals surface area contributed by atoms with Crippen LogP contribution in [0.1, 0.15) is 11.1 Å². The van der Waals surface area contributed by atoms with Gasteiger partial charge in [0.1, 0.15) is 0 Å². The van der Waals surface area contributed by atoms with Gasteiger partial charge in [-0.1, -0.05) is 18.2 Å². The first-order chi connectivity index (χ1) is 13.8. The molecule has 0 saturated carbocycles. The van der Waals surface area contributed by atoms with Crippen LogP contribution in [0.5, 0.6) is 11.5 Å². The molecule has 1 aliphatic heterocycles. The number of hydrogen-bond acceptors (Lipinski definition) is 4. The Hall–Kier alpha value is -3.48. The molecule has 0 saturated heterocycles. The zero-order valence-electron chi connectivity index (χ0n) is 15.8. The highest BCUT2D eigenvalue weighted by Crippen LogP contribution is 2.32. The van der Waals surface area contributed by atoms with Crippen molar-refractivity contribution in [2.75, 3.05) is 20.4 Å². The van der Waals surface area contributed by atoms with Crippen LogP contribution in [0.15, 0.2) is 65.9 Å². The normalized spacial score (nSPS) is 12.8. The lowest BCUT2D eigenvalue weighted by atomic mass is 10.1. The van der Waals surface area contributed by atoms with Crippen molar-refractivity contribution < 1.29 is 9.47 Å². The molecule has 3 aromatic rings. The summed E-state index contributed by atoms with van der Waals surface area (Å²) in [4.78, 5) is 4.29. The largest absolute Gasteiger partial charge is 0.454 e. The van der Waals surface area contributed by atoms with E-state index in [0.29, 0.717) is 13.3 Å². The Morgan fingerprint density at radius 1 is 1.07 bits per heavy atom. The summed E-state index contributed by atoms with van der Waals surface area (Å²) in [6.45, 7) is 1.77. The second-order valence-electron chi connectivity index (χ2n) is 6.41. The second kappa shape index (κ2) is 8.47. The molecule has 144 valence electrons. The Morgan fingerprint density at radius 3 is 2.68 bits per heavy atom. The van der Waals surface area contributed by atoms with Crippen LogP contribution < -0.4 is 20.1 Å². The van der Waals surface area contributed by atoms with Gasteiger partial charge >= 0.3 is 0 Å². The van der Waals surface area contributed by atoms with Crippen molar-refractivity contribution in [1.29, 1.82) is 0 Å². The summed E-state index contributed by atoms with van der Waals surface area (Å²) < 4.78 is 12.6. The average molecular weight is 377 g/mol. The van der Waals surface area contributed by atoms with Crippen LogP contribution in [0, 0.1) is 0 Å². The number of nitrogens with zero attached hydrogens (tertiary/aromatic N) is 3. The fourth-order valence-corrected chi connectivity index (χ4v) is 3.02. The molecule has 7 nitrogen and oxygen atoms in total. The van der Waals surface area contributed by atoms with E-state index in [1.165, 1.54) is 11.1 Å². The Morgan fingerprint density at radius 2 is 1.89 bits per heavy atom. The molecule has 0 atom stereocenters. The second-order valence-corrected chi connectivity index (χ2v) is 6.41. The fourth-order valence-electron chi connectivity index (χ4n) is 3.02. The van der Waals surface area contributed by atoms with Crippen LogP contribution in [-0.4, -0.2) is 36.1 Å². The molecule has 1 aliphatic rings. The van der Waals surface area contributed by atoms with Crippen molar-refractivity contribution in [3.05, 3.63) is 72.1 Å². The van der Waals surface area contributed by atoms with Crippen molar-refractivity contribution >= 4 is 5.96 Å². The maximum Gasteiger partial charge on any atom is 0.231 e. The molecule has 0 fully saturated rings. The van der Waals surface area contributed by atoms with Crippen molar-refractivity contribution in [2.45, 2.75) is 13.0 Å². The number of guanidine groups is 1. The molecule has 28 heavy (non-hydrogen) atoms. The van der Waals surface area contributed by atoms with Gasteiger partial charge in [-0.15, -0.1) is 0 Å². The van der Waals surface area contributed by atoms with Crippen LogP contribution in [-0.2, 0) is 13.0 Å². The van der Waals surface area contributed by atoms with Crippen LogP contribution >= 0.6 is 0 Å². The summed E-state index contributed by atoms with van der Waals surface area (Å²) in [7, 11) is 1.77. The molecule has 2 heterocycles. The Labute approximate surface area is 164 Å². The minimum absolute atomic E-state index is 0.302. The number of rotatable bonds is 6. The third-order valence-electron chi connectivity index (χ3n) is 4.53. The van der Waals surface area contributed by atoms with Gasteiger partial charge in [0.15, 0.2) is 17.5 Å². The minimum Gasteiger partial charge on any atom is -0.454 e. The summed E-state index contributed by atoms with van der Waals surface area (Å²) in [6.07, 6.45) is 4.57. The topological polar surface area (TPSA) is 72.7 Å². The van der Waals surface area contributed by atoms with E-state index in [4.69, 9.17) is 9.47 Å². The number of aromatic nitrogens is 2. The molecule has 1 aromatic heterocycles. The van der Waals surface area contributed by atoms with Crippen LogP contribution in [0.2, 0.25) is 0 Å². The summed E-state index contributed by atoms with van der Waals surface area (Å²) in [5, 5.41) is 10.9. The van der Waals surface area contributed by atoms with E-state index >= 15 is 0 Å². The lowest BCUT2D eigenvalue weighted by molar-refractivity contribution is 0.174. The molecule has 0 radical (unpaired) electrons. The molecule has 0 spiro atoms. The first-order valence-electron chi connectivity index (χ1n) is 9.24. The smallest absolute Gasteiger partial charge is 0.231 e. The Kier molecular flexibility index (Phi) is 5.42. The van der Waals surface area contributed by atoms with Crippen molar-refractivity contribution in [1.82, 2.24) is 20.4 Å². The monoisotopic (exact) mass is 377 g/mol. The van der Waals surface area contributed by atoms with Gasteiger partial charge in [0.25, 0.3) is 0 Å². The highest BCUT2D eigenvalue weighted by Gasteiger charge is 2.12. The highest BCUT2D eigenvalue weighted by atomic mass is 16.7. The number of nitrogens with one attached hydrogen (secondary N) is 2. The zero-order valence-corrected chi connectivity index (χ0v) is 15.8. The van der Waals surface area contributed by atoms with E-state index in [1.807, 2.05) is 29.1 Å². The van der Waals surface area contributed by atoms with Gasteiger partial charge in [-0.05, 0) is 47.9 Å². The molecule has 0 unspecified atom stereocenters. The lowest BCUT2D eigenvalue weighted by Crippen LogP contribution is -2.37. The third-order valence-corrected chi connectivity index (χ3v) is 4.53. The predicted octanol–water partition coefficient (Wildman–Crippen LogP) is 2.51. The maximum atomic E-state index is 5.42. The first-order valence-corrected chi connectivity index (χ1v) is 9.24. The van der Waals surface area contributed by atoms with E-state index in [0.717, 1.165) is 36.1 Å².